The van der Waals surface area contributed by atoms with Crippen LogP contribution in [0.1, 0.15) is 13.8 Å². The van der Waals surface area contributed by atoms with E-state index in [1.165, 1.54) is 6.07 Å². The summed E-state index contributed by atoms with van der Waals surface area (Å²) in [6.07, 6.45) is 0. The Hall–Kier alpha value is -0.770. The Morgan fingerprint density at radius 2 is 2.14 bits per heavy atom. The second kappa shape index (κ2) is 4.64. The molecule has 0 fully saturated rings. The molecule has 2 nitrogen and oxygen atoms in total. The molecule has 0 saturated carbocycles. The van der Waals surface area contributed by atoms with Gasteiger partial charge in [0.05, 0.1) is 12.3 Å². The fourth-order valence-electron chi connectivity index (χ4n) is 0.983. The third-order valence-corrected chi connectivity index (χ3v) is 2.06. The lowest BCUT2D eigenvalue weighted by molar-refractivity contribution is 0.261. The highest BCUT2D eigenvalue weighted by Crippen LogP contribution is 2.29. The molecule has 1 aromatic carbocycles. The van der Waals surface area contributed by atoms with Crippen molar-refractivity contribution in [3.05, 3.63) is 22.4 Å². The Morgan fingerprint density at radius 3 is 2.64 bits per heavy atom. The van der Waals surface area contributed by atoms with Crippen LogP contribution in [0.3, 0.4) is 0 Å². The largest absolute Gasteiger partial charge is 0.488 e. The molecule has 78 valence electrons. The minimum absolute atomic E-state index is 0.141. The second-order valence-electron chi connectivity index (χ2n) is 3.51. The summed E-state index contributed by atoms with van der Waals surface area (Å²) in [4.78, 5) is 0. The van der Waals surface area contributed by atoms with Crippen molar-refractivity contribution in [2.24, 2.45) is 5.92 Å². The summed E-state index contributed by atoms with van der Waals surface area (Å²) in [5.74, 6) is 0.0527. The minimum Gasteiger partial charge on any atom is -0.488 e. The maximum atomic E-state index is 13.3. The highest BCUT2D eigenvalue weighted by Gasteiger charge is 2.09. The van der Waals surface area contributed by atoms with E-state index in [2.05, 4.69) is 15.9 Å². The van der Waals surface area contributed by atoms with E-state index in [-0.39, 0.29) is 5.75 Å². The summed E-state index contributed by atoms with van der Waals surface area (Å²) < 4.78 is 19.2. The average molecular weight is 262 g/mol. The molecule has 0 spiro atoms. The average Bonchev–Trinajstić information content (AvgIpc) is 2.01. The first kappa shape index (κ1) is 11.3. The van der Waals surface area contributed by atoms with Gasteiger partial charge in [0.15, 0.2) is 11.6 Å². The Kier molecular flexibility index (Phi) is 3.75. The first-order valence-corrected chi connectivity index (χ1v) is 5.17. The van der Waals surface area contributed by atoms with E-state index in [1.54, 1.807) is 6.07 Å². The van der Waals surface area contributed by atoms with Gasteiger partial charge in [-0.05, 0) is 18.1 Å². The molecule has 0 aliphatic heterocycles. The number of ether oxygens (including phenoxy) is 1. The molecule has 0 saturated heterocycles. The summed E-state index contributed by atoms with van der Waals surface area (Å²) in [5, 5.41) is 0. The number of anilines is 1. The van der Waals surface area contributed by atoms with Gasteiger partial charge in [0, 0.05) is 4.47 Å². The van der Waals surface area contributed by atoms with Gasteiger partial charge in [-0.2, -0.15) is 0 Å². The van der Waals surface area contributed by atoms with Crippen LogP contribution < -0.4 is 10.5 Å². The van der Waals surface area contributed by atoms with Crippen LogP contribution in [-0.2, 0) is 0 Å². The van der Waals surface area contributed by atoms with Crippen molar-refractivity contribution in [2.75, 3.05) is 12.3 Å². The zero-order valence-corrected chi connectivity index (χ0v) is 9.77. The van der Waals surface area contributed by atoms with Crippen molar-refractivity contribution in [3.63, 3.8) is 0 Å². The van der Waals surface area contributed by atoms with E-state index in [1.807, 2.05) is 13.8 Å². The van der Waals surface area contributed by atoms with E-state index < -0.39 is 5.82 Å². The highest BCUT2D eigenvalue weighted by atomic mass is 79.9. The summed E-state index contributed by atoms with van der Waals surface area (Å²) in [7, 11) is 0. The molecule has 0 radical (unpaired) electrons. The van der Waals surface area contributed by atoms with Gasteiger partial charge in [0.25, 0.3) is 0 Å². The highest BCUT2D eigenvalue weighted by molar-refractivity contribution is 9.10. The lowest BCUT2D eigenvalue weighted by Gasteiger charge is -2.11. The van der Waals surface area contributed by atoms with E-state index in [4.69, 9.17) is 10.5 Å². The van der Waals surface area contributed by atoms with Crippen molar-refractivity contribution in [1.29, 1.82) is 0 Å². The Morgan fingerprint density at radius 1 is 1.50 bits per heavy atom. The topological polar surface area (TPSA) is 35.2 Å². The lowest BCUT2D eigenvalue weighted by Crippen LogP contribution is -2.07. The molecule has 14 heavy (non-hydrogen) atoms. The summed E-state index contributed by atoms with van der Waals surface area (Å²) in [6.45, 7) is 4.45. The summed E-state index contributed by atoms with van der Waals surface area (Å²) in [6, 6.07) is 2.96. The van der Waals surface area contributed by atoms with Crippen LogP contribution in [0.5, 0.6) is 5.75 Å². The van der Waals surface area contributed by atoms with Crippen LogP contribution in [-0.4, -0.2) is 6.61 Å². The normalized spacial score (nSPS) is 10.6. The number of nitrogen functional groups attached to an aromatic ring is 1. The fraction of sp³-hybridized carbons (Fsp3) is 0.400. The van der Waals surface area contributed by atoms with Crippen molar-refractivity contribution in [2.45, 2.75) is 13.8 Å². The lowest BCUT2D eigenvalue weighted by atomic mass is 10.2. The third-order valence-electron chi connectivity index (χ3n) is 1.60. The maximum Gasteiger partial charge on any atom is 0.177 e. The van der Waals surface area contributed by atoms with Gasteiger partial charge in [-0.3, -0.25) is 0 Å². The monoisotopic (exact) mass is 261 g/mol. The van der Waals surface area contributed by atoms with Gasteiger partial charge in [0.2, 0.25) is 0 Å². The van der Waals surface area contributed by atoms with Crippen molar-refractivity contribution < 1.29 is 9.13 Å². The molecule has 0 unspecified atom stereocenters. The number of rotatable bonds is 3. The van der Waals surface area contributed by atoms with Crippen LogP contribution in [0.25, 0.3) is 0 Å². The molecule has 4 heteroatoms. The molecule has 0 aromatic heterocycles. The standard InChI is InChI=1S/C10H13BrFNO/c1-6(2)5-14-10-8(12)3-7(11)4-9(10)13/h3-4,6H,5,13H2,1-2H3. The molecule has 2 N–H and O–H groups in total. The number of nitrogens with two attached hydrogens (primary N) is 1. The van der Waals surface area contributed by atoms with Crippen LogP contribution >= 0.6 is 15.9 Å². The van der Waals surface area contributed by atoms with Gasteiger partial charge >= 0.3 is 0 Å². The zero-order chi connectivity index (χ0) is 10.7. The molecule has 0 heterocycles. The van der Waals surface area contributed by atoms with E-state index in [0.29, 0.717) is 22.7 Å². The molecule has 0 bridgehead atoms. The number of benzene rings is 1. The zero-order valence-electron chi connectivity index (χ0n) is 8.18. The molecular weight excluding hydrogens is 249 g/mol. The Balaban J connectivity index is 2.86. The van der Waals surface area contributed by atoms with Gasteiger partial charge in [0.1, 0.15) is 0 Å². The molecule has 0 amide bonds. The quantitative estimate of drug-likeness (QED) is 0.849. The van der Waals surface area contributed by atoms with Crippen LogP contribution in [0.15, 0.2) is 16.6 Å². The second-order valence-corrected chi connectivity index (χ2v) is 4.43. The van der Waals surface area contributed by atoms with Gasteiger partial charge in [-0.25, -0.2) is 4.39 Å². The van der Waals surface area contributed by atoms with Crippen LogP contribution in [0.2, 0.25) is 0 Å². The van der Waals surface area contributed by atoms with Crippen molar-refractivity contribution in [1.82, 2.24) is 0 Å². The maximum absolute atomic E-state index is 13.3. The first-order chi connectivity index (χ1) is 6.50. The molecule has 0 aliphatic rings. The molecule has 0 aliphatic carbocycles. The minimum atomic E-state index is -0.433. The predicted octanol–water partition coefficient (Wildman–Crippen LogP) is 3.21. The third kappa shape index (κ3) is 2.87. The predicted molar refractivity (Wildman–Crippen MR) is 58.8 cm³/mol. The van der Waals surface area contributed by atoms with E-state index in [9.17, 15) is 4.39 Å². The van der Waals surface area contributed by atoms with E-state index >= 15 is 0 Å². The molecule has 1 aromatic rings. The Labute approximate surface area is 91.4 Å². The van der Waals surface area contributed by atoms with Crippen molar-refractivity contribution in [3.8, 4) is 5.75 Å². The SMILES string of the molecule is CC(C)COc1c(N)cc(Br)cc1F. The molecule has 1 rings (SSSR count). The fourth-order valence-corrected chi connectivity index (χ4v) is 1.43. The van der Waals surface area contributed by atoms with Gasteiger partial charge < -0.3 is 10.5 Å². The summed E-state index contributed by atoms with van der Waals surface area (Å²) in [5.41, 5.74) is 5.93. The van der Waals surface area contributed by atoms with Crippen LogP contribution in [0.4, 0.5) is 10.1 Å². The van der Waals surface area contributed by atoms with Crippen LogP contribution in [0, 0.1) is 11.7 Å². The smallest absolute Gasteiger partial charge is 0.177 e. The summed E-state index contributed by atoms with van der Waals surface area (Å²) >= 11 is 3.15. The Bertz CT molecular complexity index is 305. The van der Waals surface area contributed by atoms with Crippen molar-refractivity contribution >= 4 is 21.6 Å². The first-order valence-electron chi connectivity index (χ1n) is 4.38. The van der Waals surface area contributed by atoms with E-state index in [0.717, 1.165) is 0 Å². The molecule has 0 atom stereocenters. The van der Waals surface area contributed by atoms with Gasteiger partial charge in [-0.15, -0.1) is 0 Å². The number of hydrogen-bond donors (Lipinski definition) is 1. The number of halogens is 2. The molecular formula is C10H13BrFNO. The number of hydrogen-bond acceptors (Lipinski definition) is 2. The van der Waals surface area contributed by atoms with Gasteiger partial charge in [-0.1, -0.05) is 29.8 Å².